The van der Waals surface area contributed by atoms with E-state index in [9.17, 15) is 14.7 Å². The van der Waals surface area contributed by atoms with E-state index < -0.39 is 5.97 Å². The molecule has 1 aliphatic carbocycles. The first-order valence-corrected chi connectivity index (χ1v) is 9.06. The fraction of sp³-hybridized carbons (Fsp3) is 0.0476. The zero-order chi connectivity index (χ0) is 20.0. The molecule has 1 aliphatic heterocycles. The van der Waals surface area contributed by atoms with Gasteiger partial charge >= 0.3 is 5.97 Å². The molecule has 0 fully saturated rings. The summed E-state index contributed by atoms with van der Waals surface area (Å²) in [6, 6.07) is 12.8. The largest absolute Gasteiger partial charge is 0.478 e. The number of carboxylic acid groups (broad SMARTS) is 1. The lowest BCUT2D eigenvalue weighted by Crippen LogP contribution is -2.05. The molecule has 0 aromatic heterocycles. The second kappa shape index (κ2) is 6.86. The smallest absolute Gasteiger partial charge is 0.336 e. The van der Waals surface area contributed by atoms with Crippen molar-refractivity contribution in [3.63, 3.8) is 0 Å². The maximum absolute atomic E-state index is 12.0. The summed E-state index contributed by atoms with van der Waals surface area (Å²) < 4.78 is 5.94. The number of hydrogen-bond donors (Lipinski definition) is 2. The molecule has 2 aromatic carbocycles. The van der Waals surface area contributed by atoms with Crippen LogP contribution in [0.15, 0.2) is 57.7 Å². The number of carboxylic acids is 1. The van der Waals surface area contributed by atoms with Crippen LogP contribution in [0.1, 0.15) is 10.4 Å². The average molecular weight is 414 g/mol. The Morgan fingerprint density at radius 3 is 2.50 bits per heavy atom. The quantitative estimate of drug-likeness (QED) is 0.426. The van der Waals surface area contributed by atoms with E-state index in [2.05, 4.69) is 5.32 Å². The molecular weight excluding hydrogens is 401 g/mol. The summed E-state index contributed by atoms with van der Waals surface area (Å²) in [6.45, 7) is 0. The highest BCUT2D eigenvalue weighted by Crippen LogP contribution is 2.43. The van der Waals surface area contributed by atoms with Crippen LogP contribution in [0.4, 0.5) is 5.69 Å². The molecule has 2 aromatic rings. The number of halogens is 2. The number of hydrogen-bond acceptors (Lipinski definition) is 4. The van der Waals surface area contributed by atoms with Crippen molar-refractivity contribution in [2.24, 2.45) is 0 Å². The zero-order valence-corrected chi connectivity index (χ0v) is 16.1. The van der Waals surface area contributed by atoms with Crippen LogP contribution in [-0.4, -0.2) is 18.1 Å². The van der Waals surface area contributed by atoms with Gasteiger partial charge in [-0.1, -0.05) is 41.4 Å². The van der Waals surface area contributed by atoms with Crippen molar-refractivity contribution in [3.8, 4) is 22.5 Å². The molecule has 28 heavy (non-hydrogen) atoms. The van der Waals surface area contributed by atoms with Gasteiger partial charge in [-0.05, 0) is 23.8 Å². The summed E-state index contributed by atoms with van der Waals surface area (Å²) in [6.07, 6.45) is 0. The summed E-state index contributed by atoms with van der Waals surface area (Å²) in [7, 11) is 1.73. The fourth-order valence-electron chi connectivity index (χ4n) is 3.28. The normalized spacial score (nSPS) is 11.1. The van der Waals surface area contributed by atoms with Crippen LogP contribution in [-0.2, 0) is 0 Å². The van der Waals surface area contributed by atoms with E-state index in [4.69, 9.17) is 27.6 Å². The van der Waals surface area contributed by atoms with Crippen LogP contribution in [0, 0.1) is 0 Å². The highest BCUT2D eigenvalue weighted by molar-refractivity contribution is 6.34. The second-order valence-corrected chi connectivity index (χ2v) is 7.00. The third-order valence-corrected chi connectivity index (χ3v) is 5.17. The summed E-state index contributed by atoms with van der Waals surface area (Å²) in [5.41, 5.74) is 2.43. The Kier molecular flexibility index (Phi) is 4.49. The number of rotatable bonds is 3. The number of aromatic carboxylic acids is 1. The van der Waals surface area contributed by atoms with Gasteiger partial charge < -0.3 is 14.8 Å². The highest BCUT2D eigenvalue weighted by Gasteiger charge is 2.23. The molecule has 2 aliphatic rings. The topological polar surface area (TPSA) is 79.5 Å². The Balaban J connectivity index is 2.25. The van der Waals surface area contributed by atoms with E-state index in [1.54, 1.807) is 37.4 Å². The SMILES string of the molecule is CNc1cc2oc3cc(=O)c(Cl)cc-3c(-c3ccccc3C(=O)O)c2cc1Cl. The van der Waals surface area contributed by atoms with E-state index in [0.717, 1.165) is 0 Å². The number of benzene rings is 3. The van der Waals surface area contributed by atoms with Crippen molar-refractivity contribution >= 4 is 45.8 Å². The van der Waals surface area contributed by atoms with E-state index in [-0.39, 0.29) is 16.0 Å². The molecule has 0 saturated carbocycles. The number of fused-ring (bicyclic) bond motifs is 2. The van der Waals surface area contributed by atoms with E-state index in [1.807, 2.05) is 0 Å². The van der Waals surface area contributed by atoms with Crippen LogP contribution >= 0.6 is 23.2 Å². The first-order valence-electron chi connectivity index (χ1n) is 8.30. The van der Waals surface area contributed by atoms with Crippen molar-refractivity contribution in [3.05, 3.63) is 74.4 Å². The van der Waals surface area contributed by atoms with Gasteiger partial charge in [-0.2, -0.15) is 0 Å². The van der Waals surface area contributed by atoms with Crippen molar-refractivity contribution in [1.82, 2.24) is 0 Å². The third-order valence-electron chi connectivity index (χ3n) is 4.56. The molecule has 2 N–H and O–H groups in total. The van der Waals surface area contributed by atoms with Gasteiger partial charge in [-0.3, -0.25) is 4.79 Å². The molecule has 0 radical (unpaired) electrons. The molecule has 5 nitrogen and oxygen atoms in total. The molecule has 140 valence electrons. The van der Waals surface area contributed by atoms with Gasteiger partial charge in [0, 0.05) is 35.7 Å². The van der Waals surface area contributed by atoms with Crippen LogP contribution in [0.2, 0.25) is 10.0 Å². The molecule has 0 amide bonds. The lowest BCUT2D eigenvalue weighted by atomic mass is 9.90. The standard InChI is InChI=1S/C21H13Cl2NO4/c1-24-16-8-18-12(6-14(16)22)20(10-4-2-3-5-11(10)21(26)27)13-7-15(23)17(25)9-19(13)28-18/h2-9,24H,1H3,(H,26,27). The van der Waals surface area contributed by atoms with Crippen molar-refractivity contribution < 1.29 is 14.3 Å². The van der Waals surface area contributed by atoms with Crippen LogP contribution in [0.5, 0.6) is 0 Å². The summed E-state index contributed by atoms with van der Waals surface area (Å²) in [5, 5.41) is 13.7. The van der Waals surface area contributed by atoms with Crippen LogP contribution < -0.4 is 10.7 Å². The molecule has 0 unspecified atom stereocenters. The Labute approximate surface area is 169 Å². The van der Waals surface area contributed by atoms with Gasteiger partial charge in [0.05, 0.1) is 21.3 Å². The first kappa shape index (κ1) is 18.3. The van der Waals surface area contributed by atoms with E-state index >= 15 is 0 Å². The Morgan fingerprint density at radius 1 is 1.04 bits per heavy atom. The zero-order valence-electron chi connectivity index (χ0n) is 14.5. The van der Waals surface area contributed by atoms with Crippen molar-refractivity contribution in [2.45, 2.75) is 0 Å². The monoisotopic (exact) mass is 413 g/mol. The van der Waals surface area contributed by atoms with Gasteiger partial charge in [0.15, 0.2) is 0 Å². The summed E-state index contributed by atoms with van der Waals surface area (Å²) >= 11 is 12.4. The van der Waals surface area contributed by atoms with Gasteiger partial charge in [-0.15, -0.1) is 0 Å². The maximum Gasteiger partial charge on any atom is 0.336 e. The number of anilines is 1. The molecular formula is C21H13Cl2NO4. The Hall–Kier alpha value is -3.02. The van der Waals surface area contributed by atoms with Crippen LogP contribution in [0.3, 0.4) is 0 Å². The Bertz CT molecular complexity index is 1280. The Morgan fingerprint density at radius 2 is 1.79 bits per heavy atom. The average Bonchev–Trinajstić information content (AvgIpc) is 2.67. The number of nitrogens with one attached hydrogen (secondary N) is 1. The second-order valence-electron chi connectivity index (χ2n) is 6.18. The first-order chi connectivity index (χ1) is 13.4. The molecule has 1 heterocycles. The summed E-state index contributed by atoms with van der Waals surface area (Å²) in [4.78, 5) is 23.9. The minimum Gasteiger partial charge on any atom is -0.478 e. The predicted molar refractivity (Wildman–Crippen MR) is 111 cm³/mol. The third kappa shape index (κ3) is 2.89. The number of carbonyl (C=O) groups is 1. The maximum atomic E-state index is 12.0. The van der Waals surface area contributed by atoms with Crippen molar-refractivity contribution in [2.75, 3.05) is 12.4 Å². The van der Waals surface area contributed by atoms with Crippen LogP contribution in [0.25, 0.3) is 33.4 Å². The molecule has 4 rings (SSSR count). The lowest BCUT2D eigenvalue weighted by molar-refractivity contribution is 0.0697. The summed E-state index contributed by atoms with van der Waals surface area (Å²) in [5.74, 6) is -0.761. The fourth-order valence-corrected chi connectivity index (χ4v) is 3.70. The lowest BCUT2D eigenvalue weighted by Gasteiger charge is -2.18. The van der Waals surface area contributed by atoms with Gasteiger partial charge in [0.1, 0.15) is 11.3 Å². The van der Waals surface area contributed by atoms with Gasteiger partial charge in [-0.25, -0.2) is 4.79 Å². The molecule has 0 saturated heterocycles. The minimum absolute atomic E-state index is 0.0223. The predicted octanol–water partition coefficient (Wildman–Crippen LogP) is 5.61. The van der Waals surface area contributed by atoms with Gasteiger partial charge in [0.2, 0.25) is 5.43 Å². The molecule has 7 heteroatoms. The minimum atomic E-state index is -1.07. The highest BCUT2D eigenvalue weighted by atomic mass is 35.5. The molecule has 0 spiro atoms. The van der Waals surface area contributed by atoms with E-state index in [0.29, 0.717) is 44.1 Å². The van der Waals surface area contributed by atoms with Crippen molar-refractivity contribution in [1.29, 1.82) is 0 Å². The van der Waals surface area contributed by atoms with Gasteiger partial charge in [0.25, 0.3) is 0 Å². The molecule has 0 atom stereocenters. The molecule has 0 bridgehead atoms. The van der Waals surface area contributed by atoms with E-state index in [1.165, 1.54) is 18.2 Å².